The van der Waals surface area contributed by atoms with E-state index >= 15 is 0 Å². The van der Waals surface area contributed by atoms with Gasteiger partial charge in [0.15, 0.2) is 17.5 Å². The highest BCUT2D eigenvalue weighted by Crippen LogP contribution is 2.42. The van der Waals surface area contributed by atoms with Crippen LogP contribution in [0.25, 0.3) is 111 Å². The van der Waals surface area contributed by atoms with Gasteiger partial charge < -0.3 is 8.83 Å². The summed E-state index contributed by atoms with van der Waals surface area (Å²) < 4.78 is 13.0. The fourth-order valence-electron chi connectivity index (χ4n) is 7.71. The summed E-state index contributed by atoms with van der Waals surface area (Å²) in [6, 6.07) is 56.2. The summed E-state index contributed by atoms with van der Waals surface area (Å²) in [6.45, 7) is 0. The highest BCUT2D eigenvalue weighted by atomic mass is 16.3. The molecule has 3 heterocycles. The van der Waals surface area contributed by atoms with Crippen LogP contribution in [-0.4, -0.2) is 15.0 Å². The van der Waals surface area contributed by atoms with Gasteiger partial charge in [-0.1, -0.05) is 133 Å². The van der Waals surface area contributed by atoms with Gasteiger partial charge in [0.25, 0.3) is 0 Å². The summed E-state index contributed by atoms with van der Waals surface area (Å²) in [5.41, 5.74) is 8.30. The molecule has 52 heavy (non-hydrogen) atoms. The van der Waals surface area contributed by atoms with E-state index in [1.54, 1.807) is 0 Å². The molecule has 11 aromatic rings. The summed E-state index contributed by atoms with van der Waals surface area (Å²) in [7, 11) is 0. The lowest BCUT2D eigenvalue weighted by Crippen LogP contribution is -2.01. The molecule has 0 atom stereocenters. The molecule has 0 aliphatic rings. The number of benzene rings is 8. The van der Waals surface area contributed by atoms with Crippen LogP contribution in [0.2, 0.25) is 0 Å². The Kier molecular flexibility index (Phi) is 6.18. The van der Waals surface area contributed by atoms with Crippen molar-refractivity contribution in [2.24, 2.45) is 0 Å². The molecule has 0 N–H and O–H groups in total. The molecule has 11 rings (SSSR count). The van der Waals surface area contributed by atoms with Crippen LogP contribution in [0.3, 0.4) is 0 Å². The smallest absolute Gasteiger partial charge is 0.164 e. The van der Waals surface area contributed by atoms with Crippen molar-refractivity contribution < 1.29 is 8.83 Å². The zero-order chi connectivity index (χ0) is 34.2. The van der Waals surface area contributed by atoms with E-state index in [4.69, 9.17) is 23.8 Å². The third-order valence-corrected chi connectivity index (χ3v) is 10.1. The number of hydrogen-bond acceptors (Lipinski definition) is 5. The van der Waals surface area contributed by atoms with Gasteiger partial charge in [-0.3, -0.25) is 0 Å². The second-order valence-corrected chi connectivity index (χ2v) is 13.1. The van der Waals surface area contributed by atoms with Gasteiger partial charge in [0, 0.05) is 43.6 Å². The second kappa shape index (κ2) is 11.2. The Labute approximate surface area is 297 Å². The number of para-hydroxylation sites is 1. The van der Waals surface area contributed by atoms with Crippen molar-refractivity contribution in [2.75, 3.05) is 0 Å². The van der Waals surface area contributed by atoms with Crippen LogP contribution in [0, 0.1) is 0 Å². The van der Waals surface area contributed by atoms with Crippen molar-refractivity contribution in [1.29, 1.82) is 0 Å². The van der Waals surface area contributed by atoms with Gasteiger partial charge in [-0.15, -0.1) is 0 Å². The van der Waals surface area contributed by atoms with Gasteiger partial charge in [-0.05, 0) is 57.6 Å². The third-order valence-electron chi connectivity index (χ3n) is 10.1. The highest BCUT2D eigenvalue weighted by molar-refractivity contribution is 6.19. The maximum Gasteiger partial charge on any atom is 0.164 e. The minimum Gasteiger partial charge on any atom is -0.456 e. The molecule has 0 spiro atoms. The SMILES string of the molecule is c1ccc(-c2ccc3c(c2)oc2c4ccccc4c(-c4nc(-c5cccc6ccccc56)nc(-c5cccc6oc7ccccc7c56)n4)cc32)cc1. The van der Waals surface area contributed by atoms with Crippen LogP contribution in [0.5, 0.6) is 0 Å². The van der Waals surface area contributed by atoms with Crippen LogP contribution in [0.1, 0.15) is 0 Å². The molecule has 3 aromatic heterocycles. The van der Waals surface area contributed by atoms with Crippen LogP contribution in [-0.2, 0) is 0 Å². The topological polar surface area (TPSA) is 65.0 Å². The molecule has 242 valence electrons. The van der Waals surface area contributed by atoms with E-state index in [0.29, 0.717) is 17.5 Å². The number of hydrogen-bond donors (Lipinski definition) is 0. The quantitative estimate of drug-likeness (QED) is 0.187. The van der Waals surface area contributed by atoms with Gasteiger partial charge in [-0.25, -0.2) is 15.0 Å². The maximum atomic E-state index is 6.67. The molecule has 0 fully saturated rings. The molecular weight excluding hydrogens is 639 g/mol. The number of nitrogens with zero attached hydrogens (tertiary/aromatic N) is 3. The Bertz CT molecular complexity index is 3190. The van der Waals surface area contributed by atoms with Crippen LogP contribution in [0.15, 0.2) is 173 Å². The average molecular weight is 666 g/mol. The highest BCUT2D eigenvalue weighted by Gasteiger charge is 2.21. The lowest BCUT2D eigenvalue weighted by molar-refractivity contribution is 0.669. The minimum atomic E-state index is 0.582. The van der Waals surface area contributed by atoms with E-state index in [1.165, 1.54) is 0 Å². The molecule has 0 unspecified atom stereocenters. The van der Waals surface area contributed by atoms with Crippen molar-refractivity contribution in [2.45, 2.75) is 0 Å². The standard InChI is InChI=1S/C47H27N3O2/c1-2-12-28(13-3-1)30-24-25-33-38-27-39(32-17-6-7-18-34(32)44(38)52-42(33)26-30)47-49-45(35-20-10-15-29-14-4-5-16-31(29)35)48-46(50-47)37-21-11-23-41-43(37)36-19-8-9-22-40(36)51-41/h1-27H. The first kappa shape index (κ1) is 28.7. The van der Waals surface area contributed by atoms with E-state index in [2.05, 4.69) is 127 Å². The molecule has 0 saturated carbocycles. The first-order valence-corrected chi connectivity index (χ1v) is 17.4. The van der Waals surface area contributed by atoms with E-state index in [9.17, 15) is 0 Å². The molecule has 8 aromatic carbocycles. The van der Waals surface area contributed by atoms with E-state index in [0.717, 1.165) is 93.2 Å². The Morgan fingerprint density at radius 2 is 0.962 bits per heavy atom. The maximum absolute atomic E-state index is 6.67. The molecular formula is C47H27N3O2. The minimum absolute atomic E-state index is 0.582. The van der Waals surface area contributed by atoms with E-state index < -0.39 is 0 Å². The van der Waals surface area contributed by atoms with Gasteiger partial charge in [0.1, 0.15) is 22.3 Å². The summed E-state index contributed by atoms with van der Waals surface area (Å²) in [5.74, 6) is 1.78. The monoisotopic (exact) mass is 665 g/mol. The number of fused-ring (bicyclic) bond motifs is 9. The molecule has 5 heteroatoms. The Balaban J connectivity index is 1.21. The molecule has 0 amide bonds. The summed E-state index contributed by atoms with van der Waals surface area (Å²) in [4.78, 5) is 15.8. The zero-order valence-electron chi connectivity index (χ0n) is 27.7. The number of aromatic nitrogens is 3. The second-order valence-electron chi connectivity index (χ2n) is 13.1. The van der Waals surface area contributed by atoms with Gasteiger partial charge in [0.2, 0.25) is 0 Å². The van der Waals surface area contributed by atoms with Crippen LogP contribution in [0.4, 0.5) is 0 Å². The largest absolute Gasteiger partial charge is 0.456 e. The van der Waals surface area contributed by atoms with Crippen molar-refractivity contribution in [3.8, 4) is 45.3 Å². The molecule has 0 aliphatic heterocycles. The lowest BCUT2D eigenvalue weighted by atomic mass is 9.98. The fourth-order valence-corrected chi connectivity index (χ4v) is 7.71. The predicted octanol–water partition coefficient (Wildman–Crippen LogP) is 12.6. The normalized spacial score (nSPS) is 11.8. The molecule has 0 radical (unpaired) electrons. The third kappa shape index (κ3) is 4.39. The van der Waals surface area contributed by atoms with Crippen molar-refractivity contribution in [3.05, 3.63) is 164 Å². The summed E-state index contributed by atoms with van der Waals surface area (Å²) in [5, 5.41) is 8.27. The van der Waals surface area contributed by atoms with Crippen LogP contribution >= 0.6 is 0 Å². The summed E-state index contributed by atoms with van der Waals surface area (Å²) >= 11 is 0. The van der Waals surface area contributed by atoms with Crippen molar-refractivity contribution >= 4 is 65.4 Å². The Hall–Kier alpha value is -7.11. The molecule has 0 bridgehead atoms. The Morgan fingerprint density at radius 1 is 0.327 bits per heavy atom. The first-order valence-electron chi connectivity index (χ1n) is 17.4. The summed E-state index contributed by atoms with van der Waals surface area (Å²) in [6.07, 6.45) is 0. The lowest BCUT2D eigenvalue weighted by Gasteiger charge is -2.12. The average Bonchev–Trinajstić information content (AvgIpc) is 3.79. The predicted molar refractivity (Wildman–Crippen MR) is 211 cm³/mol. The fraction of sp³-hybridized carbons (Fsp3) is 0. The molecule has 0 saturated heterocycles. The van der Waals surface area contributed by atoms with Gasteiger partial charge >= 0.3 is 0 Å². The number of rotatable bonds is 4. The van der Waals surface area contributed by atoms with Crippen LogP contribution < -0.4 is 0 Å². The first-order chi connectivity index (χ1) is 25.8. The molecule has 5 nitrogen and oxygen atoms in total. The van der Waals surface area contributed by atoms with Gasteiger partial charge in [0.05, 0.1) is 0 Å². The molecule has 0 aliphatic carbocycles. The van der Waals surface area contributed by atoms with E-state index in [-0.39, 0.29) is 0 Å². The number of furan rings is 2. The zero-order valence-corrected chi connectivity index (χ0v) is 27.7. The van der Waals surface area contributed by atoms with Gasteiger partial charge in [-0.2, -0.15) is 0 Å². The van der Waals surface area contributed by atoms with Crippen molar-refractivity contribution in [1.82, 2.24) is 15.0 Å². The van der Waals surface area contributed by atoms with E-state index in [1.807, 2.05) is 36.4 Å². The Morgan fingerprint density at radius 3 is 1.83 bits per heavy atom. The van der Waals surface area contributed by atoms with Crippen molar-refractivity contribution in [3.63, 3.8) is 0 Å².